The zero-order valence-corrected chi connectivity index (χ0v) is 14.6. The molecular weight excluding hydrogens is 318 g/mol. The molecule has 1 saturated heterocycles. The normalized spacial score (nSPS) is 14.2. The standard InChI is InChI=1S/C18H23N5O2/c1-22(2)15-6-4-14(5-7-15)16-8-9-19-17(21-16)20-10-12-23-11-3-13-25-18(23)24/h4-9H,3,10-13H2,1-2H3,(H,19,20,21). The van der Waals surface area contributed by atoms with Gasteiger partial charge in [-0.3, -0.25) is 0 Å². The molecule has 7 nitrogen and oxygen atoms in total. The van der Waals surface area contributed by atoms with Crippen molar-refractivity contribution in [1.82, 2.24) is 14.9 Å². The number of nitrogens with zero attached hydrogens (tertiary/aromatic N) is 4. The summed E-state index contributed by atoms with van der Waals surface area (Å²) in [6.07, 6.45) is 2.36. The van der Waals surface area contributed by atoms with E-state index in [9.17, 15) is 4.79 Å². The highest BCUT2D eigenvalue weighted by molar-refractivity contribution is 5.68. The van der Waals surface area contributed by atoms with E-state index in [4.69, 9.17) is 4.74 Å². The number of rotatable bonds is 6. The first kappa shape index (κ1) is 17.0. The van der Waals surface area contributed by atoms with Gasteiger partial charge in [0.15, 0.2) is 0 Å². The molecule has 2 aromatic rings. The van der Waals surface area contributed by atoms with Crippen molar-refractivity contribution in [2.24, 2.45) is 0 Å². The molecule has 0 radical (unpaired) electrons. The van der Waals surface area contributed by atoms with Crippen LogP contribution in [-0.2, 0) is 4.74 Å². The summed E-state index contributed by atoms with van der Waals surface area (Å²) in [4.78, 5) is 24.1. The van der Waals surface area contributed by atoms with Crippen molar-refractivity contribution >= 4 is 17.7 Å². The maximum absolute atomic E-state index is 11.6. The molecule has 3 rings (SSSR count). The SMILES string of the molecule is CN(C)c1ccc(-c2ccnc(NCCN3CCCOC3=O)n2)cc1. The molecule has 2 heterocycles. The number of anilines is 2. The lowest BCUT2D eigenvalue weighted by Gasteiger charge is -2.26. The van der Waals surface area contributed by atoms with E-state index in [-0.39, 0.29) is 6.09 Å². The summed E-state index contributed by atoms with van der Waals surface area (Å²) in [6, 6.07) is 10.1. The van der Waals surface area contributed by atoms with Gasteiger partial charge in [0.1, 0.15) is 0 Å². The van der Waals surface area contributed by atoms with Crippen LogP contribution >= 0.6 is 0 Å². The first-order chi connectivity index (χ1) is 12.1. The maximum atomic E-state index is 11.6. The Bertz CT molecular complexity index is 718. The molecule has 1 fully saturated rings. The molecular formula is C18H23N5O2. The second kappa shape index (κ2) is 7.83. The molecule has 1 aromatic carbocycles. The van der Waals surface area contributed by atoms with Crippen LogP contribution in [0.25, 0.3) is 11.3 Å². The Morgan fingerprint density at radius 1 is 1.24 bits per heavy atom. The predicted molar refractivity (Wildman–Crippen MR) is 97.8 cm³/mol. The van der Waals surface area contributed by atoms with Crippen molar-refractivity contribution < 1.29 is 9.53 Å². The number of carbonyl (C=O) groups excluding carboxylic acids is 1. The molecule has 0 atom stereocenters. The first-order valence-corrected chi connectivity index (χ1v) is 8.40. The molecule has 1 amide bonds. The van der Waals surface area contributed by atoms with Crippen molar-refractivity contribution in [2.45, 2.75) is 6.42 Å². The first-order valence-electron chi connectivity index (χ1n) is 8.40. The van der Waals surface area contributed by atoms with Gasteiger partial charge in [0.25, 0.3) is 0 Å². The zero-order chi connectivity index (χ0) is 17.6. The fraction of sp³-hybridized carbons (Fsp3) is 0.389. The number of hydrogen-bond donors (Lipinski definition) is 1. The number of nitrogens with one attached hydrogen (secondary N) is 1. The zero-order valence-electron chi connectivity index (χ0n) is 14.6. The van der Waals surface area contributed by atoms with Crippen molar-refractivity contribution in [3.8, 4) is 11.3 Å². The number of carbonyl (C=O) groups is 1. The van der Waals surface area contributed by atoms with Gasteiger partial charge in [0, 0.05) is 51.2 Å². The fourth-order valence-corrected chi connectivity index (χ4v) is 2.64. The van der Waals surface area contributed by atoms with Crippen molar-refractivity contribution in [1.29, 1.82) is 0 Å². The number of amides is 1. The average Bonchev–Trinajstić information content (AvgIpc) is 2.64. The molecule has 0 spiro atoms. The summed E-state index contributed by atoms with van der Waals surface area (Å²) in [5, 5.41) is 3.17. The van der Waals surface area contributed by atoms with Crippen LogP contribution in [0.15, 0.2) is 36.5 Å². The molecule has 0 aliphatic carbocycles. The van der Waals surface area contributed by atoms with Gasteiger partial charge in [0.05, 0.1) is 12.3 Å². The van der Waals surface area contributed by atoms with Crippen molar-refractivity contribution in [3.63, 3.8) is 0 Å². The number of hydrogen-bond acceptors (Lipinski definition) is 6. The molecule has 0 bridgehead atoms. The highest BCUT2D eigenvalue weighted by Gasteiger charge is 2.18. The van der Waals surface area contributed by atoms with Crippen LogP contribution in [0.5, 0.6) is 0 Å². The maximum Gasteiger partial charge on any atom is 0.409 e. The van der Waals surface area contributed by atoms with Gasteiger partial charge in [0.2, 0.25) is 5.95 Å². The highest BCUT2D eigenvalue weighted by Crippen LogP contribution is 2.21. The van der Waals surface area contributed by atoms with Crippen LogP contribution < -0.4 is 10.2 Å². The minimum Gasteiger partial charge on any atom is -0.449 e. The van der Waals surface area contributed by atoms with Gasteiger partial charge in [-0.15, -0.1) is 0 Å². The summed E-state index contributed by atoms with van der Waals surface area (Å²) in [6.45, 7) is 2.40. The highest BCUT2D eigenvalue weighted by atomic mass is 16.6. The molecule has 132 valence electrons. The van der Waals surface area contributed by atoms with Gasteiger partial charge in [-0.1, -0.05) is 12.1 Å². The molecule has 1 aliphatic heterocycles. The quantitative estimate of drug-likeness (QED) is 0.870. The van der Waals surface area contributed by atoms with E-state index in [2.05, 4.69) is 32.3 Å². The van der Waals surface area contributed by atoms with E-state index >= 15 is 0 Å². The monoisotopic (exact) mass is 341 g/mol. The van der Waals surface area contributed by atoms with E-state index in [0.717, 1.165) is 29.9 Å². The number of benzene rings is 1. The Balaban J connectivity index is 1.60. The molecule has 7 heteroatoms. The van der Waals surface area contributed by atoms with Gasteiger partial charge in [-0.2, -0.15) is 0 Å². The Morgan fingerprint density at radius 2 is 2.04 bits per heavy atom. The van der Waals surface area contributed by atoms with Gasteiger partial charge < -0.3 is 19.9 Å². The summed E-state index contributed by atoms with van der Waals surface area (Å²) in [7, 11) is 4.03. The van der Waals surface area contributed by atoms with Crippen LogP contribution in [0.4, 0.5) is 16.4 Å². The topological polar surface area (TPSA) is 70.6 Å². The van der Waals surface area contributed by atoms with Crippen LogP contribution in [0, 0.1) is 0 Å². The van der Waals surface area contributed by atoms with E-state index in [1.165, 1.54) is 0 Å². The Kier molecular flexibility index (Phi) is 5.33. The molecule has 0 saturated carbocycles. The van der Waals surface area contributed by atoms with E-state index in [1.54, 1.807) is 11.1 Å². The molecule has 25 heavy (non-hydrogen) atoms. The van der Waals surface area contributed by atoms with Gasteiger partial charge >= 0.3 is 6.09 Å². The minimum atomic E-state index is -0.247. The number of aromatic nitrogens is 2. The van der Waals surface area contributed by atoms with Crippen LogP contribution in [0.3, 0.4) is 0 Å². The average molecular weight is 341 g/mol. The van der Waals surface area contributed by atoms with Crippen molar-refractivity contribution in [2.75, 3.05) is 50.6 Å². The largest absolute Gasteiger partial charge is 0.449 e. The lowest BCUT2D eigenvalue weighted by Crippen LogP contribution is -2.40. The lowest BCUT2D eigenvalue weighted by molar-refractivity contribution is 0.0746. The Morgan fingerprint density at radius 3 is 2.76 bits per heavy atom. The molecule has 1 N–H and O–H groups in total. The second-order valence-corrected chi connectivity index (χ2v) is 6.09. The summed E-state index contributed by atoms with van der Waals surface area (Å²) < 4.78 is 5.02. The number of ether oxygens (including phenoxy) is 1. The van der Waals surface area contributed by atoms with E-state index < -0.39 is 0 Å². The third-order valence-corrected chi connectivity index (χ3v) is 4.06. The summed E-state index contributed by atoms with van der Waals surface area (Å²) in [5.74, 6) is 0.555. The van der Waals surface area contributed by atoms with Gasteiger partial charge in [-0.25, -0.2) is 14.8 Å². The van der Waals surface area contributed by atoms with Crippen molar-refractivity contribution in [3.05, 3.63) is 36.5 Å². The smallest absolute Gasteiger partial charge is 0.409 e. The third-order valence-electron chi connectivity index (χ3n) is 4.06. The molecule has 0 unspecified atom stereocenters. The predicted octanol–water partition coefficient (Wildman–Crippen LogP) is 2.46. The number of cyclic esters (lactones) is 1. The Hall–Kier alpha value is -2.83. The summed E-state index contributed by atoms with van der Waals surface area (Å²) >= 11 is 0. The van der Waals surface area contributed by atoms with Crippen LogP contribution in [0.1, 0.15) is 6.42 Å². The van der Waals surface area contributed by atoms with Crippen LogP contribution in [0.2, 0.25) is 0 Å². The Labute approximate surface area is 147 Å². The second-order valence-electron chi connectivity index (χ2n) is 6.09. The van der Waals surface area contributed by atoms with Crippen LogP contribution in [-0.4, -0.2) is 61.3 Å². The fourth-order valence-electron chi connectivity index (χ4n) is 2.64. The van der Waals surface area contributed by atoms with E-state index in [0.29, 0.717) is 25.6 Å². The van der Waals surface area contributed by atoms with E-state index in [1.807, 2.05) is 32.3 Å². The molecule has 1 aromatic heterocycles. The van der Waals surface area contributed by atoms with Gasteiger partial charge in [-0.05, 0) is 24.6 Å². The minimum absolute atomic E-state index is 0.247. The lowest BCUT2D eigenvalue weighted by atomic mass is 10.1. The summed E-state index contributed by atoms with van der Waals surface area (Å²) in [5.41, 5.74) is 3.04. The molecule has 1 aliphatic rings. The third kappa shape index (κ3) is 4.37.